The standard InChI is InChI=1S/C21H22ClFN2O3/c22-18-4-2-1-3-17(18)21(28)25-13-11-24(12-14-25)19(9-10-20(26)27)15-5-7-16(23)8-6-15/h1-8,19H,9-14H2,(H,26,27)/t19-/m0/s1. The Kier molecular flexibility index (Phi) is 6.65. The van der Waals surface area contributed by atoms with Gasteiger partial charge in [-0.25, -0.2) is 4.39 Å². The summed E-state index contributed by atoms with van der Waals surface area (Å²) in [6.07, 6.45) is 0.459. The number of hydrogen-bond acceptors (Lipinski definition) is 3. The third-order valence-corrected chi connectivity index (χ3v) is 5.36. The van der Waals surface area contributed by atoms with Crippen molar-refractivity contribution in [3.05, 3.63) is 70.5 Å². The van der Waals surface area contributed by atoms with Gasteiger partial charge in [0.2, 0.25) is 0 Å². The number of carboxylic acid groups (broad SMARTS) is 1. The number of benzene rings is 2. The third-order valence-electron chi connectivity index (χ3n) is 5.03. The van der Waals surface area contributed by atoms with E-state index in [4.69, 9.17) is 16.7 Å². The summed E-state index contributed by atoms with van der Waals surface area (Å²) in [6, 6.07) is 13.0. The van der Waals surface area contributed by atoms with Crippen LogP contribution in [0.3, 0.4) is 0 Å². The van der Waals surface area contributed by atoms with Crippen LogP contribution in [0.5, 0.6) is 0 Å². The molecule has 1 fully saturated rings. The van der Waals surface area contributed by atoms with E-state index in [0.29, 0.717) is 43.2 Å². The summed E-state index contributed by atoms with van der Waals surface area (Å²) in [5, 5.41) is 9.51. The predicted octanol–water partition coefficient (Wildman–Crippen LogP) is 3.84. The molecule has 5 nitrogen and oxygen atoms in total. The summed E-state index contributed by atoms with van der Waals surface area (Å²) in [5.41, 5.74) is 1.37. The van der Waals surface area contributed by atoms with E-state index in [1.807, 2.05) is 0 Å². The maximum Gasteiger partial charge on any atom is 0.303 e. The van der Waals surface area contributed by atoms with Gasteiger partial charge >= 0.3 is 5.97 Å². The minimum absolute atomic E-state index is 0.0286. The molecule has 7 heteroatoms. The van der Waals surface area contributed by atoms with Crippen molar-refractivity contribution >= 4 is 23.5 Å². The van der Waals surface area contributed by atoms with Crippen molar-refractivity contribution in [3.63, 3.8) is 0 Å². The van der Waals surface area contributed by atoms with E-state index in [2.05, 4.69) is 4.90 Å². The highest BCUT2D eigenvalue weighted by molar-refractivity contribution is 6.33. The van der Waals surface area contributed by atoms with Gasteiger partial charge in [0, 0.05) is 38.6 Å². The molecule has 0 saturated carbocycles. The van der Waals surface area contributed by atoms with Gasteiger partial charge in [0.1, 0.15) is 5.82 Å². The fraction of sp³-hybridized carbons (Fsp3) is 0.333. The van der Waals surface area contributed by atoms with Gasteiger partial charge in [-0.2, -0.15) is 0 Å². The molecule has 1 N–H and O–H groups in total. The number of carbonyl (C=O) groups excluding carboxylic acids is 1. The van der Waals surface area contributed by atoms with Crippen molar-refractivity contribution in [2.45, 2.75) is 18.9 Å². The Hall–Kier alpha value is -2.44. The zero-order valence-corrected chi connectivity index (χ0v) is 16.1. The molecular formula is C21H22ClFN2O3. The van der Waals surface area contributed by atoms with E-state index in [9.17, 15) is 14.0 Å². The SMILES string of the molecule is O=C(O)CC[C@@H](c1ccc(F)cc1)N1CCN(C(=O)c2ccccc2Cl)CC1. The van der Waals surface area contributed by atoms with Crippen LogP contribution in [-0.4, -0.2) is 53.0 Å². The highest BCUT2D eigenvalue weighted by Gasteiger charge is 2.28. The number of halogens is 2. The first-order valence-corrected chi connectivity index (χ1v) is 9.58. The molecule has 0 aromatic heterocycles. The van der Waals surface area contributed by atoms with Crippen LogP contribution in [0.4, 0.5) is 4.39 Å². The summed E-state index contributed by atoms with van der Waals surface area (Å²) < 4.78 is 13.3. The normalized spacial score (nSPS) is 16.0. The van der Waals surface area contributed by atoms with Crippen molar-refractivity contribution in [1.82, 2.24) is 9.80 Å². The first kappa shape index (κ1) is 20.3. The van der Waals surface area contributed by atoms with Gasteiger partial charge < -0.3 is 10.0 Å². The number of carboxylic acids is 1. The summed E-state index contributed by atoms with van der Waals surface area (Å²) in [6.45, 7) is 2.26. The molecule has 1 saturated heterocycles. The molecule has 28 heavy (non-hydrogen) atoms. The molecular weight excluding hydrogens is 383 g/mol. The first-order chi connectivity index (χ1) is 13.5. The van der Waals surface area contributed by atoms with Gasteiger partial charge in [0.05, 0.1) is 10.6 Å². The Morgan fingerprint density at radius 3 is 2.29 bits per heavy atom. The van der Waals surface area contributed by atoms with Gasteiger partial charge in [-0.1, -0.05) is 35.9 Å². The van der Waals surface area contributed by atoms with Gasteiger partial charge in [0.15, 0.2) is 0 Å². The second kappa shape index (κ2) is 9.17. The molecule has 1 aliphatic rings. The van der Waals surface area contributed by atoms with Crippen LogP contribution in [0, 0.1) is 5.82 Å². The van der Waals surface area contributed by atoms with Crippen molar-refractivity contribution < 1.29 is 19.1 Å². The summed E-state index contributed by atoms with van der Waals surface area (Å²) in [4.78, 5) is 27.7. The van der Waals surface area contributed by atoms with Gasteiger partial charge in [-0.3, -0.25) is 14.5 Å². The Balaban J connectivity index is 1.69. The van der Waals surface area contributed by atoms with Crippen LogP contribution < -0.4 is 0 Å². The smallest absolute Gasteiger partial charge is 0.303 e. The molecule has 0 unspecified atom stereocenters. The van der Waals surface area contributed by atoms with E-state index < -0.39 is 5.97 Å². The molecule has 0 spiro atoms. The van der Waals surface area contributed by atoms with Crippen LogP contribution in [0.15, 0.2) is 48.5 Å². The topological polar surface area (TPSA) is 60.9 Å². The Morgan fingerprint density at radius 1 is 1.04 bits per heavy atom. The molecule has 0 bridgehead atoms. The third kappa shape index (κ3) is 4.88. The number of aliphatic carboxylic acids is 1. The fourth-order valence-electron chi connectivity index (χ4n) is 3.55. The molecule has 2 aromatic carbocycles. The minimum Gasteiger partial charge on any atom is -0.481 e. The van der Waals surface area contributed by atoms with Crippen molar-refractivity contribution in [2.24, 2.45) is 0 Å². The summed E-state index contributed by atoms with van der Waals surface area (Å²) in [7, 11) is 0. The van der Waals surface area contributed by atoms with Crippen LogP contribution >= 0.6 is 11.6 Å². The van der Waals surface area contributed by atoms with Crippen molar-refractivity contribution in [2.75, 3.05) is 26.2 Å². The molecule has 3 rings (SSSR count). The minimum atomic E-state index is -0.861. The molecule has 0 aliphatic carbocycles. The number of nitrogens with zero attached hydrogens (tertiary/aromatic N) is 2. The Morgan fingerprint density at radius 2 is 1.68 bits per heavy atom. The molecule has 148 valence electrons. The Bertz CT molecular complexity index is 836. The van der Waals surface area contributed by atoms with Crippen molar-refractivity contribution in [1.29, 1.82) is 0 Å². The molecule has 1 aliphatic heterocycles. The van der Waals surface area contributed by atoms with Crippen LogP contribution in [0.25, 0.3) is 0 Å². The lowest BCUT2D eigenvalue weighted by Crippen LogP contribution is -2.49. The quantitative estimate of drug-likeness (QED) is 0.794. The van der Waals surface area contributed by atoms with Gasteiger partial charge in [-0.05, 0) is 36.2 Å². The summed E-state index contributed by atoms with van der Waals surface area (Å²) >= 11 is 6.14. The second-order valence-electron chi connectivity index (χ2n) is 6.81. The van der Waals surface area contributed by atoms with Crippen LogP contribution in [-0.2, 0) is 4.79 Å². The molecule has 1 heterocycles. The van der Waals surface area contributed by atoms with Crippen LogP contribution in [0.2, 0.25) is 5.02 Å². The molecule has 1 amide bonds. The average molecular weight is 405 g/mol. The molecule has 0 radical (unpaired) electrons. The highest BCUT2D eigenvalue weighted by atomic mass is 35.5. The van der Waals surface area contributed by atoms with Crippen molar-refractivity contribution in [3.8, 4) is 0 Å². The maximum atomic E-state index is 13.3. The van der Waals surface area contributed by atoms with E-state index in [1.165, 1.54) is 12.1 Å². The number of piperazine rings is 1. The van der Waals surface area contributed by atoms with E-state index in [0.717, 1.165) is 5.56 Å². The lowest BCUT2D eigenvalue weighted by molar-refractivity contribution is -0.137. The van der Waals surface area contributed by atoms with E-state index in [1.54, 1.807) is 41.3 Å². The van der Waals surface area contributed by atoms with Crippen LogP contribution in [0.1, 0.15) is 34.8 Å². The van der Waals surface area contributed by atoms with E-state index >= 15 is 0 Å². The highest BCUT2D eigenvalue weighted by Crippen LogP contribution is 2.28. The van der Waals surface area contributed by atoms with Gasteiger partial charge in [0.25, 0.3) is 5.91 Å². The molecule has 2 aromatic rings. The largest absolute Gasteiger partial charge is 0.481 e. The summed E-state index contributed by atoms with van der Waals surface area (Å²) in [5.74, 6) is -1.29. The average Bonchev–Trinajstić information content (AvgIpc) is 2.69. The number of carbonyl (C=O) groups is 2. The fourth-order valence-corrected chi connectivity index (χ4v) is 3.76. The zero-order valence-electron chi connectivity index (χ0n) is 15.4. The van der Waals surface area contributed by atoms with E-state index in [-0.39, 0.29) is 24.2 Å². The first-order valence-electron chi connectivity index (χ1n) is 9.21. The number of amides is 1. The maximum absolute atomic E-state index is 13.3. The second-order valence-corrected chi connectivity index (χ2v) is 7.21. The van der Waals surface area contributed by atoms with Gasteiger partial charge in [-0.15, -0.1) is 0 Å². The molecule has 1 atom stereocenters. The predicted molar refractivity (Wildman–Crippen MR) is 105 cm³/mol. The lowest BCUT2D eigenvalue weighted by atomic mass is 9.99. The number of hydrogen-bond donors (Lipinski definition) is 1. The number of rotatable bonds is 6. The zero-order chi connectivity index (χ0) is 20.1. The Labute approximate surface area is 168 Å². The monoisotopic (exact) mass is 404 g/mol. The lowest BCUT2D eigenvalue weighted by Gasteiger charge is -2.39.